The van der Waals surface area contributed by atoms with E-state index in [9.17, 15) is 9.59 Å². The molecule has 0 saturated heterocycles. The standard InChI is InChI=1S/C34H66O4/c1-5-9-13-17-19-21-25-29-33(35)37-31(27-23-15-11-7-3)32(28-24-16-12-8-4)38-34(36)30-26-22-20-18-14-10-6-2/h31-32H,5-30H2,1-4H3. The van der Waals surface area contributed by atoms with Gasteiger partial charge in [0.2, 0.25) is 0 Å². The minimum absolute atomic E-state index is 0.110. The second kappa shape index (κ2) is 28.9. The first kappa shape index (κ1) is 36.9. The molecule has 4 heteroatoms. The summed E-state index contributed by atoms with van der Waals surface area (Å²) in [4.78, 5) is 25.6. The molecule has 0 aromatic heterocycles. The number of ether oxygens (including phenoxy) is 2. The molecule has 0 spiro atoms. The molecule has 2 atom stereocenters. The molecular formula is C34H66O4. The molecule has 2 unspecified atom stereocenters. The minimum atomic E-state index is -0.302. The monoisotopic (exact) mass is 538 g/mol. The Morgan fingerprint density at radius 3 is 0.974 bits per heavy atom. The third-order valence-electron chi connectivity index (χ3n) is 7.63. The van der Waals surface area contributed by atoms with Crippen molar-refractivity contribution < 1.29 is 19.1 Å². The summed E-state index contributed by atoms with van der Waals surface area (Å²) in [6.45, 7) is 8.89. The van der Waals surface area contributed by atoms with Gasteiger partial charge in [-0.3, -0.25) is 9.59 Å². The maximum Gasteiger partial charge on any atom is 0.306 e. The molecule has 0 heterocycles. The largest absolute Gasteiger partial charge is 0.458 e. The third-order valence-corrected chi connectivity index (χ3v) is 7.63. The van der Waals surface area contributed by atoms with E-state index in [0.29, 0.717) is 12.8 Å². The third kappa shape index (κ3) is 24.0. The molecule has 0 N–H and O–H groups in total. The molecule has 0 saturated carbocycles. The molecule has 0 aliphatic rings. The van der Waals surface area contributed by atoms with Gasteiger partial charge in [0, 0.05) is 12.8 Å². The average Bonchev–Trinajstić information content (AvgIpc) is 2.91. The van der Waals surface area contributed by atoms with Crippen molar-refractivity contribution in [2.45, 2.75) is 207 Å². The van der Waals surface area contributed by atoms with E-state index in [0.717, 1.165) is 64.2 Å². The van der Waals surface area contributed by atoms with E-state index in [1.165, 1.54) is 89.9 Å². The van der Waals surface area contributed by atoms with Crippen LogP contribution in [0.2, 0.25) is 0 Å². The van der Waals surface area contributed by atoms with Crippen molar-refractivity contribution in [2.75, 3.05) is 0 Å². The number of hydrogen-bond donors (Lipinski definition) is 0. The number of hydrogen-bond acceptors (Lipinski definition) is 4. The molecule has 0 rings (SSSR count). The first-order chi connectivity index (χ1) is 18.6. The predicted octanol–water partition coefficient (Wildman–Crippen LogP) is 11.0. The van der Waals surface area contributed by atoms with Gasteiger partial charge >= 0.3 is 11.9 Å². The Morgan fingerprint density at radius 2 is 0.658 bits per heavy atom. The highest BCUT2D eigenvalue weighted by Crippen LogP contribution is 2.22. The predicted molar refractivity (Wildman–Crippen MR) is 162 cm³/mol. The molecule has 0 aromatic carbocycles. The van der Waals surface area contributed by atoms with Gasteiger partial charge in [-0.15, -0.1) is 0 Å². The highest BCUT2D eigenvalue weighted by atomic mass is 16.6. The normalized spacial score (nSPS) is 12.8. The summed E-state index contributed by atoms with van der Waals surface area (Å²) >= 11 is 0. The maximum atomic E-state index is 12.8. The van der Waals surface area contributed by atoms with Crippen LogP contribution in [0.4, 0.5) is 0 Å². The zero-order chi connectivity index (χ0) is 28.1. The highest BCUT2D eigenvalue weighted by molar-refractivity contribution is 5.70. The lowest BCUT2D eigenvalue weighted by molar-refractivity contribution is -0.169. The van der Waals surface area contributed by atoms with Crippen LogP contribution < -0.4 is 0 Å². The van der Waals surface area contributed by atoms with Gasteiger partial charge < -0.3 is 9.47 Å². The molecule has 0 amide bonds. The van der Waals surface area contributed by atoms with E-state index < -0.39 is 0 Å². The van der Waals surface area contributed by atoms with E-state index >= 15 is 0 Å². The first-order valence-electron chi connectivity index (χ1n) is 17.0. The number of esters is 2. The smallest absolute Gasteiger partial charge is 0.306 e. The molecule has 4 nitrogen and oxygen atoms in total. The van der Waals surface area contributed by atoms with Crippen molar-refractivity contribution in [3.05, 3.63) is 0 Å². The van der Waals surface area contributed by atoms with Crippen LogP contribution in [0.3, 0.4) is 0 Å². The van der Waals surface area contributed by atoms with Gasteiger partial charge in [-0.1, -0.05) is 143 Å². The molecule has 226 valence electrons. The Balaban J connectivity index is 4.86. The number of unbranched alkanes of at least 4 members (excludes halogenated alkanes) is 18. The van der Waals surface area contributed by atoms with E-state index in [1.807, 2.05) is 0 Å². The van der Waals surface area contributed by atoms with Gasteiger partial charge in [0.15, 0.2) is 0 Å². The Bertz CT molecular complexity index is 473. The van der Waals surface area contributed by atoms with Gasteiger partial charge in [-0.05, 0) is 38.5 Å². The molecule has 0 radical (unpaired) electrons. The molecular weight excluding hydrogens is 472 g/mol. The lowest BCUT2D eigenvalue weighted by Gasteiger charge is -2.27. The van der Waals surface area contributed by atoms with Crippen LogP contribution in [-0.2, 0) is 19.1 Å². The zero-order valence-electron chi connectivity index (χ0n) is 26.2. The van der Waals surface area contributed by atoms with Crippen LogP contribution in [0.1, 0.15) is 195 Å². The van der Waals surface area contributed by atoms with E-state index in [1.54, 1.807) is 0 Å². The van der Waals surface area contributed by atoms with Crippen LogP contribution in [0.15, 0.2) is 0 Å². The maximum absolute atomic E-state index is 12.8. The molecule has 0 aliphatic heterocycles. The number of carbonyl (C=O) groups excluding carboxylic acids is 2. The quantitative estimate of drug-likeness (QED) is 0.0702. The number of rotatable bonds is 29. The fourth-order valence-corrected chi connectivity index (χ4v) is 5.09. The van der Waals surface area contributed by atoms with Crippen LogP contribution in [0, 0.1) is 0 Å². The van der Waals surface area contributed by atoms with Crippen LogP contribution in [0.5, 0.6) is 0 Å². The summed E-state index contributed by atoms with van der Waals surface area (Å²) in [6, 6.07) is 0. The fraction of sp³-hybridized carbons (Fsp3) is 0.941. The van der Waals surface area contributed by atoms with Gasteiger partial charge in [-0.25, -0.2) is 0 Å². The summed E-state index contributed by atoms with van der Waals surface area (Å²) in [7, 11) is 0. The zero-order valence-corrected chi connectivity index (χ0v) is 26.2. The Morgan fingerprint density at radius 1 is 0.395 bits per heavy atom. The Hall–Kier alpha value is -1.06. The summed E-state index contributed by atoms with van der Waals surface area (Å²) in [5.41, 5.74) is 0. The summed E-state index contributed by atoms with van der Waals surface area (Å²) in [5.74, 6) is -0.221. The van der Waals surface area contributed by atoms with Crippen molar-refractivity contribution in [3.8, 4) is 0 Å². The van der Waals surface area contributed by atoms with Crippen molar-refractivity contribution in [3.63, 3.8) is 0 Å². The fourth-order valence-electron chi connectivity index (χ4n) is 5.09. The lowest BCUT2D eigenvalue weighted by Crippen LogP contribution is -2.35. The van der Waals surface area contributed by atoms with Gasteiger partial charge in [0.1, 0.15) is 12.2 Å². The van der Waals surface area contributed by atoms with E-state index in [-0.39, 0.29) is 24.1 Å². The van der Waals surface area contributed by atoms with Crippen molar-refractivity contribution in [1.29, 1.82) is 0 Å². The molecule has 0 fully saturated rings. The topological polar surface area (TPSA) is 52.6 Å². The highest BCUT2D eigenvalue weighted by Gasteiger charge is 2.28. The Labute approximate surface area is 237 Å². The van der Waals surface area contributed by atoms with Crippen molar-refractivity contribution in [1.82, 2.24) is 0 Å². The van der Waals surface area contributed by atoms with Gasteiger partial charge in [-0.2, -0.15) is 0 Å². The molecule has 0 aliphatic carbocycles. The average molecular weight is 539 g/mol. The van der Waals surface area contributed by atoms with E-state index in [2.05, 4.69) is 27.7 Å². The van der Waals surface area contributed by atoms with Crippen LogP contribution in [-0.4, -0.2) is 24.1 Å². The van der Waals surface area contributed by atoms with Gasteiger partial charge in [0.05, 0.1) is 0 Å². The first-order valence-corrected chi connectivity index (χ1v) is 17.0. The van der Waals surface area contributed by atoms with E-state index in [4.69, 9.17) is 9.47 Å². The second-order valence-corrected chi connectivity index (χ2v) is 11.5. The van der Waals surface area contributed by atoms with Crippen molar-refractivity contribution in [2.24, 2.45) is 0 Å². The SMILES string of the molecule is CCCCCCCCCC(=O)OC(CCCCCC)C(CCCCCC)OC(=O)CCCCCCCCC. The molecule has 0 aromatic rings. The summed E-state index contributed by atoms with van der Waals surface area (Å²) < 4.78 is 12.1. The van der Waals surface area contributed by atoms with Gasteiger partial charge in [0.25, 0.3) is 0 Å². The number of carbonyl (C=O) groups is 2. The summed E-state index contributed by atoms with van der Waals surface area (Å²) in [6.07, 6.45) is 27.6. The molecule has 38 heavy (non-hydrogen) atoms. The lowest BCUT2D eigenvalue weighted by atomic mass is 9.99. The minimum Gasteiger partial charge on any atom is -0.458 e. The molecule has 0 bridgehead atoms. The van der Waals surface area contributed by atoms with Crippen LogP contribution >= 0.6 is 0 Å². The van der Waals surface area contributed by atoms with Crippen LogP contribution in [0.25, 0.3) is 0 Å². The summed E-state index contributed by atoms with van der Waals surface area (Å²) in [5, 5.41) is 0. The van der Waals surface area contributed by atoms with Crippen molar-refractivity contribution >= 4 is 11.9 Å². The Kier molecular flexibility index (Phi) is 28.1. The second-order valence-electron chi connectivity index (χ2n) is 11.5.